The van der Waals surface area contributed by atoms with Crippen molar-refractivity contribution in [3.8, 4) is 5.97 Å². The first-order valence-corrected chi connectivity index (χ1v) is 2.58. The Morgan fingerprint density at radius 2 is 2.00 bits per heavy atom. The van der Waals surface area contributed by atoms with E-state index in [0.717, 1.165) is 10.9 Å². The third-order valence-electron chi connectivity index (χ3n) is 0.730. The van der Waals surface area contributed by atoms with Gasteiger partial charge in [0.2, 0.25) is 0 Å². The average molecular weight is 110 g/mol. The van der Waals surface area contributed by atoms with Crippen LogP contribution >= 0.6 is 0 Å². The zero-order valence-corrected chi connectivity index (χ0v) is 5.68. The van der Waals surface area contributed by atoms with E-state index in [9.17, 15) is 0 Å². The highest BCUT2D eigenvalue weighted by molar-refractivity contribution is 6.44. The van der Waals surface area contributed by atoms with Crippen LogP contribution in [0.15, 0.2) is 0 Å². The van der Waals surface area contributed by atoms with Crippen molar-refractivity contribution in [2.75, 3.05) is 27.6 Å². The number of hydrogen-bond acceptors (Lipinski definition) is 1. The van der Waals surface area contributed by atoms with Gasteiger partial charge in [-0.05, 0) is 0 Å². The Bertz CT molecular complexity index is 98.0. The first kappa shape index (κ1) is 7.51. The zero-order valence-electron chi connectivity index (χ0n) is 5.68. The van der Waals surface area contributed by atoms with E-state index < -0.39 is 0 Å². The molecular weight excluding hydrogens is 98.9 g/mol. The number of nitriles is 1. The lowest BCUT2D eigenvalue weighted by atomic mass is 9.80. The molecule has 0 fully saturated rings. The Labute approximate surface area is 51.5 Å². The van der Waals surface area contributed by atoms with Gasteiger partial charge in [-0.2, -0.15) is 0 Å². The predicted octanol–water partition coefficient (Wildman–Crippen LogP) is -0.165. The second-order valence-electron chi connectivity index (χ2n) is 2.81. The maximum absolute atomic E-state index is 8.11. The van der Waals surface area contributed by atoms with Gasteiger partial charge in [0.15, 0.2) is 0 Å². The van der Waals surface area contributed by atoms with Crippen LogP contribution in [0.1, 0.15) is 0 Å². The monoisotopic (exact) mass is 110 g/mol. The Kier molecular flexibility index (Phi) is 2.57. The van der Waals surface area contributed by atoms with Crippen LogP contribution in [-0.2, 0) is 0 Å². The summed E-state index contributed by atoms with van der Waals surface area (Å²) >= 11 is 0. The summed E-state index contributed by atoms with van der Waals surface area (Å²) < 4.78 is 0.827. The van der Waals surface area contributed by atoms with Crippen LogP contribution < -0.4 is 0 Å². The molecule has 0 unspecified atom stereocenters. The fraction of sp³-hybridized carbons (Fsp3) is 0.800. The van der Waals surface area contributed by atoms with Crippen molar-refractivity contribution in [1.82, 2.24) is 0 Å². The van der Waals surface area contributed by atoms with E-state index in [1.54, 1.807) is 7.28 Å². The molecule has 0 spiro atoms. The van der Waals surface area contributed by atoms with E-state index in [0.29, 0.717) is 0 Å². The molecule has 0 aromatic heterocycles. The quantitative estimate of drug-likeness (QED) is 0.357. The summed E-state index contributed by atoms with van der Waals surface area (Å²) in [5, 5.41) is 8.11. The van der Waals surface area contributed by atoms with Crippen molar-refractivity contribution in [3.05, 3.63) is 0 Å². The molecule has 0 rings (SSSR count). The lowest BCUT2D eigenvalue weighted by molar-refractivity contribution is -0.859. The lowest BCUT2D eigenvalue weighted by Gasteiger charge is -2.28. The number of nitrogens with zero attached hydrogens (tertiary/aromatic N) is 2. The molecule has 0 saturated heterocycles. The molecule has 2 radical (unpaired) electrons. The van der Waals surface area contributed by atoms with Gasteiger partial charge in [0.25, 0.3) is 0 Å². The number of quaternary nitrogens is 1. The zero-order chi connectivity index (χ0) is 6.62. The van der Waals surface area contributed by atoms with Crippen LogP contribution in [0.4, 0.5) is 0 Å². The minimum absolute atomic E-state index is 0.816. The van der Waals surface area contributed by atoms with E-state index in [2.05, 4.69) is 0 Å². The molecule has 0 aliphatic carbocycles. The van der Waals surface area contributed by atoms with Crippen molar-refractivity contribution >= 4 is 7.28 Å². The predicted molar refractivity (Wildman–Crippen MR) is 34.3 cm³/mol. The van der Waals surface area contributed by atoms with Crippen molar-refractivity contribution < 1.29 is 4.48 Å². The smallest absolute Gasteiger partial charge is 0.0650 e. The molecule has 0 aromatic rings. The molecule has 3 heteroatoms. The summed E-state index contributed by atoms with van der Waals surface area (Å²) in [6.07, 6.45) is 0.816. The van der Waals surface area contributed by atoms with Crippen LogP contribution in [0, 0.1) is 11.2 Å². The number of rotatable bonds is 2. The minimum Gasteiger partial charge on any atom is -0.366 e. The van der Waals surface area contributed by atoms with E-state index in [1.165, 1.54) is 0 Å². The summed E-state index contributed by atoms with van der Waals surface area (Å²) in [6.45, 7) is 0. The second-order valence-corrected chi connectivity index (χ2v) is 2.81. The van der Waals surface area contributed by atoms with Gasteiger partial charge in [0, 0.05) is 0 Å². The van der Waals surface area contributed by atoms with Crippen molar-refractivity contribution in [3.63, 3.8) is 0 Å². The van der Waals surface area contributed by atoms with Gasteiger partial charge in [-0.3, -0.25) is 5.26 Å². The molecular formula is C5H11BN2. The van der Waals surface area contributed by atoms with E-state index >= 15 is 0 Å². The lowest BCUT2D eigenvalue weighted by Crippen LogP contribution is -2.37. The fourth-order valence-corrected chi connectivity index (χ4v) is 0.315. The van der Waals surface area contributed by atoms with E-state index in [4.69, 9.17) is 5.26 Å². The van der Waals surface area contributed by atoms with Crippen LogP contribution in [0.25, 0.3) is 0 Å². The maximum Gasteiger partial charge on any atom is 0.0650 e. The first-order chi connectivity index (χ1) is 3.56. The largest absolute Gasteiger partial charge is 0.366 e. The van der Waals surface area contributed by atoms with Gasteiger partial charge in [-0.1, -0.05) is 0 Å². The van der Waals surface area contributed by atoms with Crippen molar-refractivity contribution in [2.45, 2.75) is 0 Å². The number of hydrogen-bond donors (Lipinski definition) is 0. The Hall–Kier alpha value is -0.485. The molecule has 0 aromatic carbocycles. The third kappa shape index (κ3) is 5.51. The minimum atomic E-state index is 0.816. The second kappa shape index (κ2) is 2.73. The Morgan fingerprint density at radius 3 is 2.12 bits per heavy atom. The molecule has 0 bridgehead atoms. The van der Waals surface area contributed by atoms with Gasteiger partial charge in [0.1, 0.15) is 0 Å². The normalized spacial score (nSPS) is 10.8. The molecule has 0 aliphatic rings. The standard InChI is InChI=1S/C5H11BN2/c1-8(2,3)5-6-4-7/h5H2,1-3H3. The molecule has 2 nitrogen and oxygen atoms in total. The molecule has 0 aliphatic heterocycles. The summed E-state index contributed by atoms with van der Waals surface area (Å²) in [4.78, 5) is 0. The van der Waals surface area contributed by atoms with Crippen LogP contribution in [0.5, 0.6) is 0 Å². The highest BCUT2D eigenvalue weighted by Crippen LogP contribution is 1.84. The molecule has 44 valence electrons. The van der Waals surface area contributed by atoms with Gasteiger partial charge in [-0.25, -0.2) is 5.97 Å². The molecule has 0 heterocycles. The van der Waals surface area contributed by atoms with Crippen molar-refractivity contribution in [1.29, 1.82) is 5.26 Å². The molecule has 0 saturated carbocycles. The third-order valence-corrected chi connectivity index (χ3v) is 0.730. The van der Waals surface area contributed by atoms with Gasteiger partial charge >= 0.3 is 0 Å². The van der Waals surface area contributed by atoms with Crippen LogP contribution in [0.2, 0.25) is 0 Å². The molecule has 0 atom stereocenters. The van der Waals surface area contributed by atoms with E-state index in [1.807, 2.05) is 27.1 Å². The topological polar surface area (TPSA) is 23.8 Å². The van der Waals surface area contributed by atoms with Crippen molar-refractivity contribution in [2.24, 2.45) is 0 Å². The average Bonchev–Trinajstić information content (AvgIpc) is 1.59. The van der Waals surface area contributed by atoms with Crippen LogP contribution in [0.3, 0.4) is 0 Å². The van der Waals surface area contributed by atoms with Gasteiger partial charge in [-0.15, -0.1) is 13.7 Å². The summed E-state index contributed by atoms with van der Waals surface area (Å²) in [5.74, 6) is 1.98. The van der Waals surface area contributed by atoms with Crippen LogP contribution in [-0.4, -0.2) is 39.3 Å². The van der Waals surface area contributed by atoms with Gasteiger partial charge in [0.05, 0.1) is 21.1 Å². The van der Waals surface area contributed by atoms with Gasteiger partial charge < -0.3 is 4.48 Å². The molecule has 8 heavy (non-hydrogen) atoms. The maximum atomic E-state index is 8.11. The highest BCUT2D eigenvalue weighted by Gasteiger charge is 1.95. The Morgan fingerprint density at radius 1 is 1.50 bits per heavy atom. The fourth-order valence-electron chi connectivity index (χ4n) is 0.315. The SMILES string of the molecule is C[N+](C)(C)C[B-]C#N. The molecule has 0 amide bonds. The highest BCUT2D eigenvalue weighted by atomic mass is 15.3. The summed E-state index contributed by atoms with van der Waals surface area (Å²) in [6, 6.07) is 0. The molecule has 0 N–H and O–H groups in total. The van der Waals surface area contributed by atoms with E-state index in [-0.39, 0.29) is 0 Å². The first-order valence-electron chi connectivity index (χ1n) is 2.58. The summed E-state index contributed by atoms with van der Waals surface area (Å²) in [5.41, 5.74) is 0. The summed E-state index contributed by atoms with van der Waals surface area (Å²) in [7, 11) is 7.76. The Balaban J connectivity index is 3.28.